The van der Waals surface area contributed by atoms with Gasteiger partial charge in [0.05, 0.1) is 6.07 Å². The van der Waals surface area contributed by atoms with E-state index in [-0.39, 0.29) is 5.54 Å². The van der Waals surface area contributed by atoms with E-state index in [0.29, 0.717) is 6.04 Å². The highest BCUT2D eigenvalue weighted by Gasteiger charge is 2.41. The summed E-state index contributed by atoms with van der Waals surface area (Å²) >= 11 is 0. The molecule has 0 amide bonds. The molecule has 1 aliphatic carbocycles. The normalized spacial score (nSPS) is 38.3. The number of hydrogen-bond donors (Lipinski definition) is 1. The van der Waals surface area contributed by atoms with Gasteiger partial charge in [0, 0.05) is 12.1 Å². The zero-order valence-corrected chi connectivity index (χ0v) is 11.9. The molecule has 102 valence electrons. The van der Waals surface area contributed by atoms with Crippen LogP contribution in [0, 0.1) is 11.3 Å². The SMILES string of the molecule is CCC1CCCCCN1C1CCC(C#N)(NC)C1. The lowest BCUT2D eigenvalue weighted by atomic mass is 9.99. The van der Waals surface area contributed by atoms with E-state index >= 15 is 0 Å². The van der Waals surface area contributed by atoms with Gasteiger partial charge in [-0.3, -0.25) is 4.90 Å². The van der Waals surface area contributed by atoms with Crippen molar-refractivity contribution in [3.8, 4) is 6.07 Å². The van der Waals surface area contributed by atoms with E-state index in [2.05, 4.69) is 23.2 Å². The predicted molar refractivity (Wildman–Crippen MR) is 74.3 cm³/mol. The van der Waals surface area contributed by atoms with Crippen LogP contribution in [0.2, 0.25) is 0 Å². The Labute approximate surface area is 112 Å². The maximum Gasteiger partial charge on any atom is 0.108 e. The van der Waals surface area contributed by atoms with Crippen molar-refractivity contribution in [2.45, 2.75) is 75.9 Å². The molecule has 3 unspecified atom stereocenters. The molecule has 3 heteroatoms. The molecule has 0 aromatic rings. The maximum atomic E-state index is 9.38. The molecule has 2 fully saturated rings. The van der Waals surface area contributed by atoms with Crippen molar-refractivity contribution in [1.29, 1.82) is 5.26 Å². The van der Waals surface area contributed by atoms with Gasteiger partial charge in [0.1, 0.15) is 5.54 Å². The van der Waals surface area contributed by atoms with E-state index in [4.69, 9.17) is 0 Å². The van der Waals surface area contributed by atoms with Crippen LogP contribution in [0.25, 0.3) is 0 Å². The Kier molecular flexibility index (Phi) is 4.64. The number of nitrogens with one attached hydrogen (secondary N) is 1. The molecule has 2 aliphatic rings. The molecule has 0 bridgehead atoms. The third-order valence-corrected chi connectivity index (χ3v) is 5.04. The molecular formula is C15H27N3. The fourth-order valence-corrected chi connectivity index (χ4v) is 3.81. The predicted octanol–water partition coefficient (Wildman–Crippen LogP) is 2.68. The Hall–Kier alpha value is -0.590. The standard InChI is InChI=1S/C15H27N3/c1-3-13-7-5-4-6-10-18(13)14-8-9-15(11-14,12-16)17-2/h13-14,17H,3-11H2,1-2H3. The summed E-state index contributed by atoms with van der Waals surface area (Å²) in [5.74, 6) is 0. The van der Waals surface area contributed by atoms with Crippen molar-refractivity contribution in [2.75, 3.05) is 13.6 Å². The summed E-state index contributed by atoms with van der Waals surface area (Å²) in [6.07, 6.45) is 9.93. The Morgan fingerprint density at radius 3 is 2.78 bits per heavy atom. The van der Waals surface area contributed by atoms with Crippen LogP contribution in [-0.4, -0.2) is 36.1 Å². The molecule has 1 saturated heterocycles. The first-order valence-corrected chi connectivity index (χ1v) is 7.60. The van der Waals surface area contributed by atoms with Crippen LogP contribution in [0.4, 0.5) is 0 Å². The molecule has 1 N–H and O–H groups in total. The largest absolute Gasteiger partial charge is 0.302 e. The molecule has 1 saturated carbocycles. The smallest absolute Gasteiger partial charge is 0.108 e. The van der Waals surface area contributed by atoms with Crippen molar-refractivity contribution < 1.29 is 0 Å². The summed E-state index contributed by atoms with van der Waals surface area (Å²) in [6.45, 7) is 3.56. The minimum Gasteiger partial charge on any atom is -0.302 e. The van der Waals surface area contributed by atoms with Crippen LogP contribution in [0.3, 0.4) is 0 Å². The third kappa shape index (κ3) is 2.70. The molecule has 2 rings (SSSR count). The lowest BCUT2D eigenvalue weighted by Crippen LogP contribution is -2.45. The average molecular weight is 249 g/mol. The third-order valence-electron chi connectivity index (χ3n) is 5.04. The quantitative estimate of drug-likeness (QED) is 0.836. The highest BCUT2D eigenvalue weighted by Crippen LogP contribution is 2.35. The van der Waals surface area contributed by atoms with Gasteiger partial charge < -0.3 is 5.32 Å². The monoisotopic (exact) mass is 249 g/mol. The molecule has 3 nitrogen and oxygen atoms in total. The minimum atomic E-state index is -0.255. The fourth-order valence-electron chi connectivity index (χ4n) is 3.81. The molecule has 0 radical (unpaired) electrons. The van der Waals surface area contributed by atoms with Gasteiger partial charge in [-0.25, -0.2) is 0 Å². The molecular weight excluding hydrogens is 222 g/mol. The van der Waals surface area contributed by atoms with Crippen molar-refractivity contribution in [2.24, 2.45) is 0 Å². The van der Waals surface area contributed by atoms with Gasteiger partial charge in [-0.05, 0) is 52.1 Å². The Bertz CT molecular complexity index is 309. The molecule has 0 aromatic heterocycles. The summed E-state index contributed by atoms with van der Waals surface area (Å²) in [4.78, 5) is 2.73. The molecule has 0 spiro atoms. The second-order valence-electron chi connectivity index (χ2n) is 5.99. The van der Waals surface area contributed by atoms with E-state index in [1.807, 2.05) is 7.05 Å². The summed E-state index contributed by atoms with van der Waals surface area (Å²) in [7, 11) is 1.94. The first-order chi connectivity index (χ1) is 8.74. The Morgan fingerprint density at radius 1 is 1.33 bits per heavy atom. The van der Waals surface area contributed by atoms with E-state index in [1.54, 1.807) is 0 Å². The van der Waals surface area contributed by atoms with Gasteiger partial charge >= 0.3 is 0 Å². The zero-order chi connectivity index (χ0) is 13.0. The highest BCUT2D eigenvalue weighted by molar-refractivity contribution is 5.13. The lowest BCUT2D eigenvalue weighted by Gasteiger charge is -2.35. The van der Waals surface area contributed by atoms with Gasteiger partial charge in [-0.1, -0.05) is 19.8 Å². The molecule has 18 heavy (non-hydrogen) atoms. The molecule has 0 aromatic carbocycles. The zero-order valence-electron chi connectivity index (χ0n) is 11.9. The first kappa shape index (κ1) is 13.8. The van der Waals surface area contributed by atoms with Crippen LogP contribution in [0.15, 0.2) is 0 Å². The summed E-state index contributed by atoms with van der Waals surface area (Å²) in [6, 6.07) is 3.89. The maximum absolute atomic E-state index is 9.38. The minimum absolute atomic E-state index is 0.255. The Balaban J connectivity index is 2.04. The number of nitrogens with zero attached hydrogens (tertiary/aromatic N) is 2. The van der Waals surface area contributed by atoms with Gasteiger partial charge in [0.2, 0.25) is 0 Å². The van der Waals surface area contributed by atoms with Crippen LogP contribution in [-0.2, 0) is 0 Å². The van der Waals surface area contributed by atoms with Crippen LogP contribution in [0.1, 0.15) is 58.3 Å². The van der Waals surface area contributed by atoms with Crippen molar-refractivity contribution in [3.05, 3.63) is 0 Å². The second kappa shape index (κ2) is 6.04. The van der Waals surface area contributed by atoms with E-state index in [9.17, 15) is 5.26 Å². The van der Waals surface area contributed by atoms with E-state index < -0.39 is 0 Å². The van der Waals surface area contributed by atoms with E-state index in [1.165, 1.54) is 45.1 Å². The number of rotatable bonds is 3. The first-order valence-electron chi connectivity index (χ1n) is 7.60. The van der Waals surface area contributed by atoms with Gasteiger partial charge in [0.15, 0.2) is 0 Å². The summed E-state index contributed by atoms with van der Waals surface area (Å²) in [5.41, 5.74) is -0.255. The molecule has 1 heterocycles. The average Bonchev–Trinajstić information content (AvgIpc) is 2.70. The fraction of sp³-hybridized carbons (Fsp3) is 0.933. The Morgan fingerprint density at radius 2 is 2.17 bits per heavy atom. The number of likely N-dealkylation sites (tertiary alicyclic amines) is 1. The number of hydrogen-bond acceptors (Lipinski definition) is 3. The van der Waals surface area contributed by atoms with Gasteiger partial charge in [-0.2, -0.15) is 5.26 Å². The summed E-state index contributed by atoms with van der Waals surface area (Å²) < 4.78 is 0. The van der Waals surface area contributed by atoms with Crippen molar-refractivity contribution in [1.82, 2.24) is 10.2 Å². The van der Waals surface area contributed by atoms with Crippen LogP contribution < -0.4 is 5.32 Å². The molecule has 3 atom stereocenters. The van der Waals surface area contributed by atoms with Gasteiger partial charge in [-0.15, -0.1) is 0 Å². The highest BCUT2D eigenvalue weighted by atomic mass is 15.2. The lowest BCUT2D eigenvalue weighted by molar-refractivity contribution is 0.131. The van der Waals surface area contributed by atoms with Crippen LogP contribution in [0.5, 0.6) is 0 Å². The van der Waals surface area contributed by atoms with E-state index in [0.717, 1.165) is 18.9 Å². The van der Waals surface area contributed by atoms with Crippen molar-refractivity contribution in [3.63, 3.8) is 0 Å². The number of nitriles is 1. The molecule has 1 aliphatic heterocycles. The van der Waals surface area contributed by atoms with Gasteiger partial charge in [0.25, 0.3) is 0 Å². The topological polar surface area (TPSA) is 39.1 Å². The summed E-state index contributed by atoms with van der Waals surface area (Å²) in [5, 5.41) is 12.6. The van der Waals surface area contributed by atoms with Crippen LogP contribution >= 0.6 is 0 Å². The van der Waals surface area contributed by atoms with Crippen molar-refractivity contribution >= 4 is 0 Å². The second-order valence-corrected chi connectivity index (χ2v) is 5.99.